The van der Waals surface area contributed by atoms with Crippen LogP contribution in [0.1, 0.15) is 31.9 Å². The molecule has 0 amide bonds. The minimum atomic E-state index is -0.107. The van der Waals surface area contributed by atoms with E-state index in [2.05, 4.69) is 18.7 Å². The number of halogens is 1. The van der Waals surface area contributed by atoms with Crippen LogP contribution in [0.25, 0.3) is 0 Å². The number of nitrogens with two attached hydrogens (primary N) is 1. The lowest BCUT2D eigenvalue weighted by Gasteiger charge is -2.25. The van der Waals surface area contributed by atoms with Crippen molar-refractivity contribution in [3.63, 3.8) is 0 Å². The fraction of sp³-hybridized carbons (Fsp3) is 0.571. The van der Waals surface area contributed by atoms with Gasteiger partial charge in [-0.05, 0) is 38.8 Å². The van der Waals surface area contributed by atoms with E-state index < -0.39 is 0 Å². The van der Waals surface area contributed by atoms with Crippen molar-refractivity contribution in [3.05, 3.63) is 35.6 Å². The highest BCUT2D eigenvalue weighted by atomic mass is 19.1. The second kappa shape index (κ2) is 5.15. The smallest absolute Gasteiger partial charge is 0.127 e. The summed E-state index contributed by atoms with van der Waals surface area (Å²) in [6.45, 7) is 6.12. The van der Waals surface area contributed by atoms with E-state index >= 15 is 0 Å². The lowest BCUT2D eigenvalue weighted by molar-refractivity contribution is 0.243. The average molecular weight is 236 g/mol. The minimum Gasteiger partial charge on any atom is -0.328 e. The van der Waals surface area contributed by atoms with Crippen LogP contribution < -0.4 is 5.73 Å². The minimum absolute atomic E-state index is 0.107. The highest BCUT2D eigenvalue weighted by molar-refractivity contribution is 5.21. The molecule has 1 saturated heterocycles. The van der Waals surface area contributed by atoms with Crippen LogP contribution in [0.2, 0.25) is 0 Å². The number of benzene rings is 1. The summed E-state index contributed by atoms with van der Waals surface area (Å²) in [6.07, 6.45) is 1.12. The summed E-state index contributed by atoms with van der Waals surface area (Å²) in [5, 5.41) is 0. The van der Waals surface area contributed by atoms with Gasteiger partial charge < -0.3 is 5.73 Å². The first-order valence-electron chi connectivity index (χ1n) is 6.33. The lowest BCUT2D eigenvalue weighted by atomic mass is 10.0. The lowest BCUT2D eigenvalue weighted by Crippen LogP contribution is -2.31. The van der Waals surface area contributed by atoms with Gasteiger partial charge in [-0.1, -0.05) is 18.2 Å². The Morgan fingerprint density at radius 3 is 2.65 bits per heavy atom. The summed E-state index contributed by atoms with van der Waals surface area (Å²) < 4.78 is 13.7. The van der Waals surface area contributed by atoms with Gasteiger partial charge in [-0.15, -0.1) is 0 Å². The van der Waals surface area contributed by atoms with Gasteiger partial charge in [0.25, 0.3) is 0 Å². The van der Waals surface area contributed by atoms with Gasteiger partial charge in [0.05, 0.1) is 0 Å². The van der Waals surface area contributed by atoms with Crippen molar-refractivity contribution in [1.29, 1.82) is 0 Å². The van der Waals surface area contributed by atoms with E-state index in [0.29, 0.717) is 5.92 Å². The van der Waals surface area contributed by atoms with Crippen molar-refractivity contribution in [2.45, 2.75) is 32.4 Å². The maximum Gasteiger partial charge on any atom is 0.127 e. The predicted molar refractivity (Wildman–Crippen MR) is 68.1 cm³/mol. The molecule has 1 aliphatic heterocycles. The molecule has 3 atom stereocenters. The molecule has 1 fully saturated rings. The molecule has 0 saturated carbocycles. The van der Waals surface area contributed by atoms with Gasteiger partial charge in [0, 0.05) is 24.2 Å². The highest BCUT2D eigenvalue weighted by Crippen LogP contribution is 2.29. The van der Waals surface area contributed by atoms with Crippen LogP contribution in [-0.2, 0) is 0 Å². The Morgan fingerprint density at radius 1 is 1.35 bits per heavy atom. The van der Waals surface area contributed by atoms with E-state index in [1.165, 1.54) is 6.07 Å². The van der Waals surface area contributed by atoms with Crippen LogP contribution >= 0.6 is 0 Å². The second-order valence-electron chi connectivity index (χ2n) is 5.10. The Balaban J connectivity index is 2.07. The molecule has 1 aliphatic rings. The molecule has 1 aromatic carbocycles. The van der Waals surface area contributed by atoms with Crippen molar-refractivity contribution in [3.8, 4) is 0 Å². The Hall–Kier alpha value is -0.930. The number of likely N-dealkylation sites (tertiary alicyclic amines) is 1. The van der Waals surface area contributed by atoms with Crippen LogP contribution in [0, 0.1) is 11.7 Å². The number of hydrogen-bond donors (Lipinski definition) is 1. The van der Waals surface area contributed by atoms with E-state index in [1.807, 2.05) is 12.1 Å². The highest BCUT2D eigenvalue weighted by Gasteiger charge is 2.29. The molecule has 0 aromatic heterocycles. The van der Waals surface area contributed by atoms with Gasteiger partial charge in [-0.3, -0.25) is 4.90 Å². The number of rotatable bonds is 3. The number of nitrogens with zero attached hydrogens (tertiary/aromatic N) is 1. The van der Waals surface area contributed by atoms with Crippen molar-refractivity contribution < 1.29 is 4.39 Å². The monoisotopic (exact) mass is 236 g/mol. The summed E-state index contributed by atoms with van der Waals surface area (Å²) in [5.74, 6) is 0.438. The molecule has 3 heteroatoms. The maximum atomic E-state index is 13.7. The molecule has 0 bridgehead atoms. The summed E-state index contributed by atoms with van der Waals surface area (Å²) in [4.78, 5) is 2.33. The first-order chi connectivity index (χ1) is 8.09. The molecular formula is C14H21FN2. The van der Waals surface area contributed by atoms with Crippen LogP contribution in [0.3, 0.4) is 0 Å². The molecule has 3 unspecified atom stereocenters. The molecule has 1 heterocycles. The van der Waals surface area contributed by atoms with Gasteiger partial charge in [0.1, 0.15) is 5.82 Å². The predicted octanol–water partition coefficient (Wildman–Crippen LogP) is 2.56. The van der Waals surface area contributed by atoms with E-state index in [9.17, 15) is 4.39 Å². The van der Waals surface area contributed by atoms with Crippen LogP contribution in [0.15, 0.2) is 24.3 Å². The molecule has 17 heavy (non-hydrogen) atoms. The van der Waals surface area contributed by atoms with Crippen molar-refractivity contribution in [1.82, 2.24) is 4.90 Å². The SMILES string of the molecule is CC(N)C1CCN(C(C)c2ccccc2F)C1. The van der Waals surface area contributed by atoms with E-state index in [4.69, 9.17) is 5.73 Å². The third kappa shape index (κ3) is 2.67. The summed E-state index contributed by atoms with van der Waals surface area (Å²) in [5.41, 5.74) is 6.72. The molecule has 94 valence electrons. The zero-order valence-electron chi connectivity index (χ0n) is 10.6. The average Bonchev–Trinajstić information content (AvgIpc) is 2.78. The zero-order chi connectivity index (χ0) is 12.4. The first kappa shape index (κ1) is 12.5. The second-order valence-corrected chi connectivity index (χ2v) is 5.10. The first-order valence-corrected chi connectivity index (χ1v) is 6.33. The largest absolute Gasteiger partial charge is 0.328 e. The van der Waals surface area contributed by atoms with Gasteiger partial charge >= 0.3 is 0 Å². The van der Waals surface area contributed by atoms with Crippen molar-refractivity contribution in [2.75, 3.05) is 13.1 Å². The zero-order valence-corrected chi connectivity index (χ0v) is 10.6. The molecule has 0 aliphatic carbocycles. The van der Waals surface area contributed by atoms with Crippen molar-refractivity contribution >= 4 is 0 Å². The van der Waals surface area contributed by atoms with Crippen LogP contribution in [0.5, 0.6) is 0 Å². The molecule has 2 nitrogen and oxygen atoms in total. The molecule has 2 rings (SSSR count). The quantitative estimate of drug-likeness (QED) is 0.874. The Labute approximate surface area is 103 Å². The normalized spacial score (nSPS) is 24.8. The topological polar surface area (TPSA) is 29.3 Å². The van der Waals surface area contributed by atoms with Gasteiger partial charge in [0.2, 0.25) is 0 Å². The standard InChI is InChI=1S/C14H21FN2/c1-10(16)12-7-8-17(9-12)11(2)13-5-3-4-6-14(13)15/h3-6,10-12H,7-9,16H2,1-2H3. The van der Waals surface area contributed by atoms with Gasteiger partial charge in [-0.25, -0.2) is 4.39 Å². The Morgan fingerprint density at radius 2 is 2.06 bits per heavy atom. The summed E-state index contributed by atoms with van der Waals surface area (Å²) >= 11 is 0. The van der Waals surface area contributed by atoms with Crippen LogP contribution in [0.4, 0.5) is 4.39 Å². The number of hydrogen-bond acceptors (Lipinski definition) is 2. The maximum absolute atomic E-state index is 13.7. The molecular weight excluding hydrogens is 215 g/mol. The van der Waals surface area contributed by atoms with Crippen molar-refractivity contribution in [2.24, 2.45) is 11.7 Å². The third-order valence-electron chi connectivity index (χ3n) is 3.90. The Bertz CT molecular complexity index is 378. The summed E-state index contributed by atoms with van der Waals surface area (Å²) in [7, 11) is 0. The Kier molecular flexibility index (Phi) is 3.79. The molecule has 1 aromatic rings. The molecule has 2 N–H and O–H groups in total. The van der Waals surface area contributed by atoms with E-state index in [0.717, 1.165) is 25.1 Å². The molecule has 0 radical (unpaired) electrons. The third-order valence-corrected chi connectivity index (χ3v) is 3.90. The van der Waals surface area contributed by atoms with Crippen LogP contribution in [-0.4, -0.2) is 24.0 Å². The van der Waals surface area contributed by atoms with Gasteiger partial charge in [0.15, 0.2) is 0 Å². The fourth-order valence-corrected chi connectivity index (χ4v) is 2.61. The van der Waals surface area contributed by atoms with E-state index in [-0.39, 0.29) is 17.9 Å². The fourth-order valence-electron chi connectivity index (χ4n) is 2.61. The molecule has 0 spiro atoms. The van der Waals surface area contributed by atoms with E-state index in [1.54, 1.807) is 6.07 Å². The summed E-state index contributed by atoms with van der Waals surface area (Å²) in [6, 6.07) is 7.41. The van der Waals surface area contributed by atoms with Gasteiger partial charge in [-0.2, -0.15) is 0 Å².